The van der Waals surface area contributed by atoms with Gasteiger partial charge >= 0.3 is 0 Å². The minimum absolute atomic E-state index is 0.0254. The highest BCUT2D eigenvalue weighted by Gasteiger charge is 2.37. The molecule has 0 saturated carbocycles. The van der Waals surface area contributed by atoms with E-state index >= 15 is 0 Å². The SMILES string of the molecule is CC(C)(C)[Si](C)(C)OCc1ccn(-c2ccccc2)c(=O)c1. The smallest absolute Gasteiger partial charge is 0.255 e. The molecular formula is C18H25NO2Si. The van der Waals surface area contributed by atoms with Crippen LogP contribution in [0, 0.1) is 0 Å². The van der Waals surface area contributed by atoms with Crippen LogP contribution in [0.1, 0.15) is 26.3 Å². The number of hydrogen-bond acceptors (Lipinski definition) is 2. The second-order valence-corrected chi connectivity index (χ2v) is 11.9. The summed E-state index contributed by atoms with van der Waals surface area (Å²) in [5, 5.41) is 0.173. The Bertz CT molecular complexity index is 684. The van der Waals surface area contributed by atoms with Crippen molar-refractivity contribution in [2.75, 3.05) is 0 Å². The molecule has 0 spiro atoms. The Labute approximate surface area is 133 Å². The lowest BCUT2D eigenvalue weighted by Gasteiger charge is -2.36. The molecule has 2 aromatic rings. The lowest BCUT2D eigenvalue weighted by atomic mass is 10.2. The molecule has 0 fully saturated rings. The van der Waals surface area contributed by atoms with E-state index in [4.69, 9.17) is 4.43 Å². The average molecular weight is 315 g/mol. The molecule has 118 valence electrons. The second kappa shape index (κ2) is 6.22. The van der Waals surface area contributed by atoms with E-state index in [2.05, 4.69) is 33.9 Å². The van der Waals surface area contributed by atoms with Crippen LogP contribution in [0.3, 0.4) is 0 Å². The van der Waals surface area contributed by atoms with Gasteiger partial charge < -0.3 is 4.43 Å². The summed E-state index contributed by atoms with van der Waals surface area (Å²) in [4.78, 5) is 12.3. The van der Waals surface area contributed by atoms with Gasteiger partial charge in [0.25, 0.3) is 5.56 Å². The van der Waals surface area contributed by atoms with Crippen LogP contribution in [-0.2, 0) is 11.0 Å². The predicted molar refractivity (Wildman–Crippen MR) is 94.0 cm³/mol. The molecule has 0 N–H and O–H groups in total. The summed E-state index contributed by atoms with van der Waals surface area (Å²) in [5.41, 5.74) is 1.79. The summed E-state index contributed by atoms with van der Waals surface area (Å²) >= 11 is 0. The van der Waals surface area contributed by atoms with E-state index < -0.39 is 8.32 Å². The van der Waals surface area contributed by atoms with E-state index in [0.717, 1.165) is 11.3 Å². The molecule has 1 heterocycles. The molecule has 0 aliphatic carbocycles. The number of nitrogens with zero attached hydrogens (tertiary/aromatic N) is 1. The fraction of sp³-hybridized carbons (Fsp3) is 0.389. The Morgan fingerprint density at radius 2 is 1.73 bits per heavy atom. The Balaban J connectivity index is 2.16. The maximum atomic E-state index is 12.3. The third-order valence-corrected chi connectivity index (χ3v) is 8.90. The molecule has 0 bridgehead atoms. The van der Waals surface area contributed by atoms with Crippen LogP contribution >= 0.6 is 0 Å². The van der Waals surface area contributed by atoms with Gasteiger partial charge in [-0.15, -0.1) is 0 Å². The quantitative estimate of drug-likeness (QED) is 0.785. The van der Waals surface area contributed by atoms with Crippen LogP contribution in [0.4, 0.5) is 0 Å². The normalized spacial score (nSPS) is 12.4. The van der Waals surface area contributed by atoms with Gasteiger partial charge in [0.15, 0.2) is 8.32 Å². The highest BCUT2D eigenvalue weighted by Crippen LogP contribution is 2.36. The summed E-state index contributed by atoms with van der Waals surface area (Å²) < 4.78 is 7.82. The van der Waals surface area contributed by atoms with Crippen molar-refractivity contribution in [3.63, 3.8) is 0 Å². The van der Waals surface area contributed by atoms with Crippen molar-refractivity contribution in [3.8, 4) is 5.69 Å². The standard InChI is InChI=1S/C18H25NO2Si/c1-18(2,3)22(4,5)21-14-15-11-12-19(17(20)13-15)16-9-7-6-8-10-16/h6-13H,14H2,1-5H3. The zero-order valence-corrected chi connectivity index (χ0v) is 15.1. The molecule has 0 aliphatic heterocycles. The molecule has 4 heteroatoms. The molecule has 2 rings (SSSR count). The van der Waals surface area contributed by atoms with E-state index in [1.165, 1.54) is 0 Å². The van der Waals surface area contributed by atoms with Crippen LogP contribution in [-0.4, -0.2) is 12.9 Å². The minimum atomic E-state index is -1.79. The maximum Gasteiger partial charge on any atom is 0.255 e. The van der Waals surface area contributed by atoms with Gasteiger partial charge in [-0.3, -0.25) is 9.36 Å². The topological polar surface area (TPSA) is 31.2 Å². The molecule has 1 aromatic carbocycles. The summed E-state index contributed by atoms with van der Waals surface area (Å²) in [6, 6.07) is 13.3. The van der Waals surface area contributed by atoms with Crippen molar-refractivity contribution in [3.05, 3.63) is 64.6 Å². The summed E-state index contributed by atoms with van der Waals surface area (Å²) in [5.74, 6) is 0. The Kier molecular flexibility index (Phi) is 4.73. The first kappa shape index (κ1) is 16.7. The van der Waals surface area contributed by atoms with Crippen LogP contribution < -0.4 is 5.56 Å². The van der Waals surface area contributed by atoms with E-state index in [9.17, 15) is 4.79 Å². The Morgan fingerprint density at radius 3 is 2.27 bits per heavy atom. The minimum Gasteiger partial charge on any atom is -0.413 e. The number of para-hydroxylation sites is 1. The maximum absolute atomic E-state index is 12.3. The van der Waals surface area contributed by atoms with Gasteiger partial charge in [0.05, 0.1) is 6.61 Å². The van der Waals surface area contributed by atoms with Gasteiger partial charge in [-0.2, -0.15) is 0 Å². The zero-order valence-electron chi connectivity index (χ0n) is 14.1. The lowest BCUT2D eigenvalue weighted by Crippen LogP contribution is -2.40. The Hall–Kier alpha value is -1.65. The van der Waals surface area contributed by atoms with Crippen molar-refractivity contribution in [2.45, 2.75) is 45.5 Å². The molecule has 0 radical (unpaired) electrons. The third kappa shape index (κ3) is 3.75. The monoisotopic (exact) mass is 315 g/mol. The molecular weight excluding hydrogens is 290 g/mol. The van der Waals surface area contributed by atoms with Gasteiger partial charge in [-0.05, 0) is 41.9 Å². The first-order chi connectivity index (χ1) is 10.2. The lowest BCUT2D eigenvalue weighted by molar-refractivity contribution is 0.276. The van der Waals surface area contributed by atoms with Gasteiger partial charge in [0.1, 0.15) is 0 Å². The van der Waals surface area contributed by atoms with E-state index in [1.54, 1.807) is 10.6 Å². The zero-order chi connectivity index (χ0) is 16.4. The first-order valence-corrected chi connectivity index (χ1v) is 10.5. The fourth-order valence-corrected chi connectivity index (χ4v) is 2.85. The molecule has 3 nitrogen and oxygen atoms in total. The first-order valence-electron chi connectivity index (χ1n) is 7.62. The average Bonchev–Trinajstić information content (AvgIpc) is 2.45. The van der Waals surface area contributed by atoms with E-state index in [1.807, 2.05) is 42.6 Å². The molecule has 1 aromatic heterocycles. The van der Waals surface area contributed by atoms with Gasteiger partial charge in [0, 0.05) is 18.0 Å². The van der Waals surface area contributed by atoms with Gasteiger partial charge in [-0.1, -0.05) is 39.0 Å². The third-order valence-electron chi connectivity index (χ3n) is 4.42. The van der Waals surface area contributed by atoms with Crippen LogP contribution in [0.25, 0.3) is 5.69 Å². The fourth-order valence-electron chi connectivity index (χ4n) is 1.89. The van der Waals surface area contributed by atoms with E-state index in [0.29, 0.717) is 6.61 Å². The highest BCUT2D eigenvalue weighted by atomic mass is 28.4. The molecule has 0 unspecified atom stereocenters. The molecule has 0 atom stereocenters. The second-order valence-electron chi connectivity index (χ2n) is 7.13. The van der Waals surface area contributed by atoms with Crippen LogP contribution in [0.2, 0.25) is 18.1 Å². The number of pyridine rings is 1. The van der Waals surface area contributed by atoms with Crippen molar-refractivity contribution in [2.24, 2.45) is 0 Å². The summed E-state index contributed by atoms with van der Waals surface area (Å²) in [7, 11) is -1.79. The predicted octanol–water partition coefficient (Wildman–Crippen LogP) is 4.36. The van der Waals surface area contributed by atoms with Gasteiger partial charge in [-0.25, -0.2) is 0 Å². The van der Waals surface area contributed by atoms with Crippen LogP contribution in [0.5, 0.6) is 0 Å². The summed E-state index contributed by atoms with van der Waals surface area (Å²) in [6.45, 7) is 11.6. The molecule has 0 saturated heterocycles. The Morgan fingerprint density at radius 1 is 1.09 bits per heavy atom. The van der Waals surface area contributed by atoms with Crippen molar-refractivity contribution in [1.29, 1.82) is 0 Å². The number of hydrogen-bond donors (Lipinski definition) is 0. The van der Waals surface area contributed by atoms with Crippen molar-refractivity contribution in [1.82, 2.24) is 4.57 Å². The largest absolute Gasteiger partial charge is 0.413 e. The molecule has 0 aliphatic rings. The van der Waals surface area contributed by atoms with Gasteiger partial charge in [0.2, 0.25) is 0 Å². The summed E-state index contributed by atoms with van der Waals surface area (Å²) in [6.07, 6.45) is 1.82. The number of benzene rings is 1. The van der Waals surface area contributed by atoms with E-state index in [-0.39, 0.29) is 10.6 Å². The highest BCUT2D eigenvalue weighted by molar-refractivity contribution is 6.74. The molecule has 0 amide bonds. The van der Waals surface area contributed by atoms with Crippen molar-refractivity contribution < 1.29 is 4.43 Å². The van der Waals surface area contributed by atoms with Crippen molar-refractivity contribution >= 4 is 8.32 Å². The molecule has 22 heavy (non-hydrogen) atoms. The number of aromatic nitrogens is 1. The van der Waals surface area contributed by atoms with Crippen LogP contribution in [0.15, 0.2) is 53.5 Å². The number of rotatable bonds is 4.